The third-order valence-corrected chi connectivity index (χ3v) is 4.21. The number of nitrogens with one attached hydrogen (secondary N) is 1. The number of rotatable bonds is 4. The van der Waals surface area contributed by atoms with Crippen LogP contribution in [0.3, 0.4) is 0 Å². The largest absolute Gasteiger partial charge is 0.271 e. The van der Waals surface area contributed by atoms with Gasteiger partial charge in [-0.15, -0.1) is 0 Å². The van der Waals surface area contributed by atoms with E-state index in [1.54, 1.807) is 18.2 Å². The Morgan fingerprint density at radius 1 is 1.10 bits per heavy atom. The Balaban J connectivity index is 2.28. The van der Waals surface area contributed by atoms with E-state index in [0.717, 1.165) is 5.56 Å². The maximum atomic E-state index is 14.0. The fraction of sp³-hybridized carbons (Fsp3) is 0.143. The van der Waals surface area contributed by atoms with E-state index in [9.17, 15) is 8.78 Å². The van der Waals surface area contributed by atoms with Gasteiger partial charge < -0.3 is 0 Å². The lowest BCUT2D eigenvalue weighted by Gasteiger charge is -2.18. The van der Waals surface area contributed by atoms with Crippen LogP contribution in [0, 0.1) is 11.6 Å². The molecule has 2 rings (SSSR count). The minimum Gasteiger partial charge on any atom is -0.271 e. The van der Waals surface area contributed by atoms with Crippen molar-refractivity contribution >= 4 is 31.9 Å². The van der Waals surface area contributed by atoms with E-state index in [4.69, 9.17) is 5.84 Å². The molecule has 0 aliphatic carbocycles. The van der Waals surface area contributed by atoms with Crippen molar-refractivity contribution in [3.05, 3.63) is 68.1 Å². The van der Waals surface area contributed by atoms with Gasteiger partial charge in [0, 0.05) is 14.5 Å². The smallest absolute Gasteiger partial charge is 0.129 e. The Bertz CT molecular complexity index is 620. The molecule has 0 bridgehead atoms. The van der Waals surface area contributed by atoms with Crippen LogP contribution in [0.5, 0.6) is 0 Å². The average Bonchev–Trinajstić information content (AvgIpc) is 2.39. The van der Waals surface area contributed by atoms with E-state index in [2.05, 4.69) is 37.3 Å². The van der Waals surface area contributed by atoms with Crippen molar-refractivity contribution in [2.24, 2.45) is 5.84 Å². The summed E-state index contributed by atoms with van der Waals surface area (Å²) in [6.45, 7) is 0. The number of hydrazine groups is 1. The van der Waals surface area contributed by atoms with Gasteiger partial charge in [0.1, 0.15) is 11.6 Å². The van der Waals surface area contributed by atoms with E-state index >= 15 is 0 Å². The predicted octanol–water partition coefficient (Wildman–Crippen LogP) is 4.24. The molecule has 2 nitrogen and oxygen atoms in total. The summed E-state index contributed by atoms with van der Waals surface area (Å²) in [5.74, 6) is 4.85. The molecular weight excluding hydrogens is 394 g/mol. The lowest BCUT2D eigenvalue weighted by molar-refractivity contribution is 0.509. The zero-order valence-electron chi connectivity index (χ0n) is 10.3. The van der Waals surface area contributed by atoms with Gasteiger partial charge in [-0.05, 0) is 36.2 Å². The van der Waals surface area contributed by atoms with Gasteiger partial charge in [0.05, 0.1) is 6.04 Å². The van der Waals surface area contributed by atoms with Crippen LogP contribution in [0.15, 0.2) is 45.3 Å². The first-order valence-corrected chi connectivity index (χ1v) is 7.45. The van der Waals surface area contributed by atoms with E-state index < -0.39 is 6.04 Å². The Hall–Kier alpha value is -0.820. The quantitative estimate of drug-likeness (QED) is 0.589. The van der Waals surface area contributed by atoms with Crippen LogP contribution in [-0.2, 0) is 6.42 Å². The molecule has 2 aromatic carbocycles. The number of hydrogen-bond donors (Lipinski definition) is 2. The van der Waals surface area contributed by atoms with E-state index in [1.165, 1.54) is 18.2 Å². The Labute approximate surface area is 132 Å². The van der Waals surface area contributed by atoms with Gasteiger partial charge in [0.25, 0.3) is 0 Å². The summed E-state index contributed by atoms with van der Waals surface area (Å²) >= 11 is 6.51. The zero-order chi connectivity index (χ0) is 14.7. The highest BCUT2D eigenvalue weighted by atomic mass is 79.9. The zero-order valence-corrected chi connectivity index (χ0v) is 13.5. The van der Waals surface area contributed by atoms with E-state index in [0.29, 0.717) is 20.9 Å². The molecule has 0 fully saturated rings. The van der Waals surface area contributed by atoms with Gasteiger partial charge in [-0.3, -0.25) is 11.3 Å². The molecule has 0 amide bonds. The third kappa shape index (κ3) is 3.63. The van der Waals surface area contributed by atoms with Crippen LogP contribution in [0.4, 0.5) is 8.78 Å². The number of hydrogen-bond acceptors (Lipinski definition) is 2. The summed E-state index contributed by atoms with van der Waals surface area (Å²) in [7, 11) is 0. The molecular formula is C14H12Br2F2N2. The molecule has 0 heterocycles. The van der Waals surface area contributed by atoms with Gasteiger partial charge in [-0.2, -0.15) is 0 Å². The van der Waals surface area contributed by atoms with Crippen molar-refractivity contribution in [2.75, 3.05) is 0 Å². The molecule has 1 unspecified atom stereocenters. The highest BCUT2D eigenvalue weighted by Crippen LogP contribution is 2.27. The Kier molecular flexibility index (Phi) is 5.26. The van der Waals surface area contributed by atoms with Gasteiger partial charge >= 0.3 is 0 Å². The number of benzene rings is 2. The minimum atomic E-state index is -0.398. The van der Waals surface area contributed by atoms with Gasteiger partial charge in [-0.25, -0.2) is 8.78 Å². The lowest BCUT2D eigenvalue weighted by Crippen LogP contribution is -2.30. The molecule has 0 aliphatic rings. The number of halogens is 4. The van der Waals surface area contributed by atoms with Crippen LogP contribution in [-0.4, -0.2) is 0 Å². The summed E-state index contributed by atoms with van der Waals surface area (Å²) in [4.78, 5) is 0. The van der Waals surface area contributed by atoms with Crippen LogP contribution in [0.1, 0.15) is 17.2 Å². The van der Waals surface area contributed by atoms with Crippen LogP contribution < -0.4 is 11.3 Å². The Morgan fingerprint density at radius 2 is 1.85 bits per heavy atom. The summed E-state index contributed by atoms with van der Waals surface area (Å²) in [5, 5.41) is 0. The molecule has 0 saturated heterocycles. The highest BCUT2D eigenvalue weighted by Gasteiger charge is 2.16. The summed E-state index contributed by atoms with van der Waals surface area (Å²) in [6.07, 6.45) is 0.440. The highest BCUT2D eigenvalue weighted by molar-refractivity contribution is 9.10. The second-order valence-electron chi connectivity index (χ2n) is 4.32. The molecule has 2 aromatic rings. The normalized spacial score (nSPS) is 12.4. The molecule has 0 spiro atoms. The van der Waals surface area contributed by atoms with Gasteiger partial charge in [0.15, 0.2) is 0 Å². The molecule has 0 aliphatic heterocycles. The molecule has 6 heteroatoms. The summed E-state index contributed by atoms with van der Waals surface area (Å²) in [5.41, 5.74) is 3.91. The molecule has 1 atom stereocenters. The average molecular weight is 406 g/mol. The van der Waals surface area contributed by atoms with Crippen molar-refractivity contribution in [3.63, 3.8) is 0 Å². The number of nitrogens with two attached hydrogens (primary N) is 1. The van der Waals surface area contributed by atoms with Crippen LogP contribution >= 0.6 is 31.9 Å². The molecule has 0 saturated carbocycles. The first kappa shape index (κ1) is 15.6. The first-order chi connectivity index (χ1) is 9.51. The molecule has 106 valence electrons. The fourth-order valence-electron chi connectivity index (χ4n) is 1.95. The fourth-order valence-corrected chi connectivity index (χ4v) is 2.80. The minimum absolute atomic E-state index is 0.326. The second-order valence-corrected chi connectivity index (χ2v) is 6.09. The van der Waals surface area contributed by atoms with Gasteiger partial charge in [-0.1, -0.05) is 44.0 Å². The van der Waals surface area contributed by atoms with Crippen molar-refractivity contribution < 1.29 is 8.78 Å². The molecule has 20 heavy (non-hydrogen) atoms. The third-order valence-electron chi connectivity index (χ3n) is 2.98. The summed E-state index contributed by atoms with van der Waals surface area (Å²) < 4.78 is 28.3. The molecule has 0 radical (unpaired) electrons. The Morgan fingerprint density at radius 3 is 2.45 bits per heavy atom. The maximum absolute atomic E-state index is 14.0. The standard InChI is InChI=1S/C14H12Br2F2N2/c15-9-2-4-11(13(18)6-9)14(20-19)5-8-1-3-10(17)7-12(8)16/h1-4,6-7,14,20H,5,19H2. The van der Waals surface area contributed by atoms with Crippen molar-refractivity contribution in [1.82, 2.24) is 5.43 Å². The van der Waals surface area contributed by atoms with Crippen molar-refractivity contribution in [1.29, 1.82) is 0 Å². The van der Waals surface area contributed by atoms with Crippen molar-refractivity contribution in [3.8, 4) is 0 Å². The first-order valence-electron chi connectivity index (χ1n) is 5.86. The van der Waals surface area contributed by atoms with Crippen LogP contribution in [0.2, 0.25) is 0 Å². The monoisotopic (exact) mass is 404 g/mol. The predicted molar refractivity (Wildman–Crippen MR) is 82.0 cm³/mol. The van der Waals surface area contributed by atoms with Crippen LogP contribution in [0.25, 0.3) is 0 Å². The van der Waals surface area contributed by atoms with E-state index in [1.807, 2.05) is 0 Å². The molecule has 3 N–H and O–H groups in total. The van der Waals surface area contributed by atoms with E-state index in [-0.39, 0.29) is 11.6 Å². The van der Waals surface area contributed by atoms with Crippen molar-refractivity contribution in [2.45, 2.75) is 12.5 Å². The lowest BCUT2D eigenvalue weighted by atomic mass is 9.99. The topological polar surface area (TPSA) is 38.0 Å². The van der Waals surface area contributed by atoms with Gasteiger partial charge in [0.2, 0.25) is 0 Å². The SMILES string of the molecule is NNC(Cc1ccc(F)cc1Br)c1ccc(Br)cc1F. The molecule has 0 aromatic heterocycles. The second kappa shape index (κ2) is 6.76. The summed E-state index contributed by atoms with van der Waals surface area (Å²) in [6, 6.07) is 8.81. The maximum Gasteiger partial charge on any atom is 0.129 e.